The van der Waals surface area contributed by atoms with Crippen LogP contribution >= 0.6 is 0 Å². The fourth-order valence-corrected chi connectivity index (χ4v) is 4.16. The summed E-state index contributed by atoms with van der Waals surface area (Å²) in [6, 6.07) is 0.235. The van der Waals surface area contributed by atoms with Gasteiger partial charge in [0.15, 0.2) is 0 Å². The van der Waals surface area contributed by atoms with Crippen LogP contribution in [0.3, 0.4) is 0 Å². The molecule has 3 nitrogen and oxygen atoms in total. The van der Waals surface area contributed by atoms with Crippen molar-refractivity contribution in [1.82, 2.24) is 5.32 Å². The van der Waals surface area contributed by atoms with E-state index in [4.69, 9.17) is 5.73 Å². The van der Waals surface area contributed by atoms with Crippen molar-refractivity contribution in [2.75, 3.05) is 0 Å². The molecule has 0 heterocycles. The van der Waals surface area contributed by atoms with Crippen LogP contribution < -0.4 is 11.1 Å². The van der Waals surface area contributed by atoms with Gasteiger partial charge in [-0.05, 0) is 43.9 Å². The average molecular weight is 280 g/mol. The first kappa shape index (κ1) is 15.8. The molecule has 0 radical (unpaired) electrons. The molecule has 2 rings (SSSR count). The van der Waals surface area contributed by atoms with Crippen LogP contribution in [0.2, 0.25) is 0 Å². The Balaban J connectivity index is 2.05. The second-order valence-corrected chi connectivity index (χ2v) is 8.01. The maximum Gasteiger partial charge on any atom is 0.224 e. The fourth-order valence-electron chi connectivity index (χ4n) is 4.16. The van der Waals surface area contributed by atoms with Gasteiger partial charge in [0.1, 0.15) is 0 Å². The molecule has 20 heavy (non-hydrogen) atoms. The second kappa shape index (κ2) is 5.67. The van der Waals surface area contributed by atoms with E-state index in [1.165, 1.54) is 19.3 Å². The predicted octanol–water partition coefficient (Wildman–Crippen LogP) is 3.23. The van der Waals surface area contributed by atoms with Crippen molar-refractivity contribution in [3.8, 4) is 0 Å². The Kier molecular flexibility index (Phi) is 4.48. The van der Waals surface area contributed by atoms with Crippen molar-refractivity contribution >= 4 is 5.91 Å². The van der Waals surface area contributed by atoms with Gasteiger partial charge < -0.3 is 11.1 Å². The molecule has 0 saturated heterocycles. The van der Waals surface area contributed by atoms with E-state index in [2.05, 4.69) is 33.0 Å². The molecule has 116 valence electrons. The van der Waals surface area contributed by atoms with Gasteiger partial charge in [0.2, 0.25) is 5.91 Å². The molecule has 3 N–H and O–H groups in total. The highest BCUT2D eigenvalue weighted by molar-refractivity contribution is 5.80. The van der Waals surface area contributed by atoms with Crippen LogP contribution in [0.1, 0.15) is 72.6 Å². The monoisotopic (exact) mass is 280 g/mol. The van der Waals surface area contributed by atoms with E-state index in [9.17, 15) is 4.79 Å². The maximum absolute atomic E-state index is 12.8. The zero-order chi connectivity index (χ0) is 15.0. The lowest BCUT2D eigenvalue weighted by molar-refractivity contribution is -0.134. The molecule has 2 aliphatic carbocycles. The lowest BCUT2D eigenvalue weighted by Crippen LogP contribution is -2.56. The Bertz CT molecular complexity index is 358. The van der Waals surface area contributed by atoms with Crippen LogP contribution in [-0.2, 0) is 4.79 Å². The van der Waals surface area contributed by atoms with Crippen LogP contribution in [0.15, 0.2) is 0 Å². The zero-order valence-electron chi connectivity index (χ0n) is 13.7. The van der Waals surface area contributed by atoms with Gasteiger partial charge in [-0.15, -0.1) is 0 Å². The standard InChI is InChI=1S/C17H32N2O/c1-12-14(18)9-8-13(16(12,2)3)15(20)19-17(4)10-6-5-7-11-17/h12-14H,5-11,18H2,1-4H3,(H,19,20). The molecule has 0 aromatic carbocycles. The summed E-state index contributed by atoms with van der Waals surface area (Å²) in [6.45, 7) is 8.84. The molecule has 2 saturated carbocycles. The van der Waals surface area contributed by atoms with E-state index in [0.717, 1.165) is 25.7 Å². The minimum Gasteiger partial charge on any atom is -0.351 e. The number of nitrogens with one attached hydrogen (secondary N) is 1. The number of rotatable bonds is 2. The van der Waals surface area contributed by atoms with Gasteiger partial charge in [-0.2, -0.15) is 0 Å². The second-order valence-electron chi connectivity index (χ2n) is 8.01. The minimum atomic E-state index is -0.00717. The Labute approximate surface area is 124 Å². The number of hydrogen-bond donors (Lipinski definition) is 2. The normalized spacial score (nSPS) is 36.4. The van der Waals surface area contributed by atoms with E-state index in [-0.39, 0.29) is 28.8 Å². The van der Waals surface area contributed by atoms with Gasteiger partial charge in [-0.25, -0.2) is 0 Å². The number of carbonyl (C=O) groups excluding carboxylic acids is 1. The summed E-state index contributed by atoms with van der Waals surface area (Å²) in [5.74, 6) is 0.764. The van der Waals surface area contributed by atoms with Crippen molar-refractivity contribution in [3.05, 3.63) is 0 Å². The summed E-state index contributed by atoms with van der Waals surface area (Å²) in [6.07, 6.45) is 7.95. The SMILES string of the molecule is CC1C(N)CCC(C(=O)NC2(C)CCCCC2)C1(C)C. The first-order chi connectivity index (χ1) is 9.26. The van der Waals surface area contributed by atoms with Crippen LogP contribution in [0, 0.1) is 17.3 Å². The van der Waals surface area contributed by atoms with Crippen molar-refractivity contribution in [2.45, 2.75) is 84.2 Å². The van der Waals surface area contributed by atoms with Gasteiger partial charge in [-0.3, -0.25) is 4.79 Å². The smallest absolute Gasteiger partial charge is 0.224 e. The van der Waals surface area contributed by atoms with Gasteiger partial charge in [0, 0.05) is 17.5 Å². The van der Waals surface area contributed by atoms with Gasteiger partial charge in [0.05, 0.1) is 0 Å². The van der Waals surface area contributed by atoms with Crippen LogP contribution in [0.25, 0.3) is 0 Å². The van der Waals surface area contributed by atoms with Crippen molar-refractivity contribution in [3.63, 3.8) is 0 Å². The number of nitrogens with two attached hydrogens (primary N) is 1. The van der Waals surface area contributed by atoms with Gasteiger partial charge >= 0.3 is 0 Å². The molecule has 0 bridgehead atoms. The molecule has 1 amide bonds. The number of amides is 1. The van der Waals surface area contributed by atoms with Crippen LogP contribution in [0.4, 0.5) is 0 Å². The van der Waals surface area contributed by atoms with E-state index >= 15 is 0 Å². The van der Waals surface area contributed by atoms with E-state index in [0.29, 0.717) is 5.92 Å². The number of hydrogen-bond acceptors (Lipinski definition) is 2. The Hall–Kier alpha value is -0.570. The maximum atomic E-state index is 12.8. The third-order valence-electron chi connectivity index (χ3n) is 6.20. The van der Waals surface area contributed by atoms with E-state index in [1.54, 1.807) is 0 Å². The molecular formula is C17H32N2O. The lowest BCUT2D eigenvalue weighted by Gasteiger charge is -2.47. The summed E-state index contributed by atoms with van der Waals surface area (Å²) in [7, 11) is 0. The Morgan fingerprint density at radius 3 is 2.30 bits per heavy atom. The third-order valence-corrected chi connectivity index (χ3v) is 6.20. The summed E-state index contributed by atoms with van der Waals surface area (Å²) >= 11 is 0. The Morgan fingerprint density at radius 1 is 1.10 bits per heavy atom. The van der Waals surface area contributed by atoms with Crippen molar-refractivity contribution in [2.24, 2.45) is 23.0 Å². The summed E-state index contributed by atoms with van der Waals surface area (Å²) in [5, 5.41) is 3.38. The fraction of sp³-hybridized carbons (Fsp3) is 0.941. The highest BCUT2D eigenvalue weighted by Gasteiger charge is 2.46. The quantitative estimate of drug-likeness (QED) is 0.816. The minimum absolute atomic E-state index is 0.00717. The molecular weight excluding hydrogens is 248 g/mol. The molecule has 2 fully saturated rings. The largest absolute Gasteiger partial charge is 0.351 e. The topological polar surface area (TPSA) is 55.1 Å². The summed E-state index contributed by atoms with van der Waals surface area (Å²) in [5.41, 5.74) is 6.21. The number of carbonyl (C=O) groups is 1. The first-order valence-electron chi connectivity index (χ1n) is 8.34. The molecule has 3 unspecified atom stereocenters. The molecule has 2 aliphatic rings. The average Bonchev–Trinajstić information content (AvgIpc) is 2.36. The van der Waals surface area contributed by atoms with Crippen molar-refractivity contribution in [1.29, 1.82) is 0 Å². The predicted molar refractivity (Wildman–Crippen MR) is 83.3 cm³/mol. The summed E-state index contributed by atoms with van der Waals surface area (Å²) < 4.78 is 0. The van der Waals surface area contributed by atoms with E-state index in [1.807, 2.05) is 0 Å². The van der Waals surface area contributed by atoms with Crippen LogP contribution in [-0.4, -0.2) is 17.5 Å². The molecule has 3 heteroatoms. The Morgan fingerprint density at radius 2 is 1.70 bits per heavy atom. The first-order valence-corrected chi connectivity index (χ1v) is 8.34. The van der Waals surface area contributed by atoms with Crippen LogP contribution in [0.5, 0.6) is 0 Å². The molecule has 3 atom stereocenters. The molecule has 0 aromatic heterocycles. The third kappa shape index (κ3) is 3.03. The summed E-state index contributed by atoms with van der Waals surface area (Å²) in [4.78, 5) is 12.8. The highest BCUT2D eigenvalue weighted by Crippen LogP contribution is 2.44. The van der Waals surface area contributed by atoms with Crippen molar-refractivity contribution < 1.29 is 4.79 Å². The highest BCUT2D eigenvalue weighted by atomic mass is 16.2. The molecule has 0 aliphatic heterocycles. The molecule has 0 aromatic rings. The molecule has 0 spiro atoms. The lowest BCUT2D eigenvalue weighted by atomic mass is 9.60. The zero-order valence-corrected chi connectivity index (χ0v) is 13.7. The van der Waals surface area contributed by atoms with E-state index < -0.39 is 0 Å². The van der Waals surface area contributed by atoms with Gasteiger partial charge in [-0.1, -0.05) is 40.0 Å². The van der Waals surface area contributed by atoms with Gasteiger partial charge in [0.25, 0.3) is 0 Å².